The smallest absolute Gasteiger partial charge is 0.345 e. The molecule has 0 fully saturated rings. The molecular weight excluding hydrogens is 370 g/mol. The van der Waals surface area contributed by atoms with Crippen LogP contribution in [0.2, 0.25) is 0 Å². The average Bonchev–Trinajstić information content (AvgIpc) is 3.28. The summed E-state index contributed by atoms with van der Waals surface area (Å²) in [4.78, 5) is 21.2. The van der Waals surface area contributed by atoms with Crippen molar-refractivity contribution in [3.8, 4) is 0 Å². The highest BCUT2D eigenvalue weighted by Crippen LogP contribution is 2.22. The van der Waals surface area contributed by atoms with E-state index in [9.17, 15) is 4.79 Å². The minimum Gasteiger partial charge on any atom is -0.443 e. The van der Waals surface area contributed by atoms with E-state index in [1.807, 2.05) is 11.5 Å². The third-order valence-corrected chi connectivity index (χ3v) is 4.88. The first kappa shape index (κ1) is 21.1. The van der Waals surface area contributed by atoms with E-state index >= 15 is 0 Å². The van der Waals surface area contributed by atoms with Crippen LogP contribution in [0, 0.1) is 0 Å². The van der Waals surface area contributed by atoms with E-state index < -0.39 is 0 Å². The van der Waals surface area contributed by atoms with Gasteiger partial charge in [0.1, 0.15) is 18.1 Å². The van der Waals surface area contributed by atoms with Gasteiger partial charge in [0.25, 0.3) is 0 Å². The van der Waals surface area contributed by atoms with E-state index in [1.54, 1.807) is 10.9 Å². The molecule has 0 bridgehead atoms. The second-order valence-corrected chi connectivity index (χ2v) is 8.37. The molecule has 0 saturated carbocycles. The molecule has 3 rings (SSSR count). The highest BCUT2D eigenvalue weighted by molar-refractivity contribution is 5.79. The van der Waals surface area contributed by atoms with Crippen LogP contribution in [-0.4, -0.2) is 38.4 Å². The van der Waals surface area contributed by atoms with Crippen LogP contribution in [0.15, 0.2) is 20.4 Å². The fourth-order valence-electron chi connectivity index (χ4n) is 3.25. The SMILES string of the molecule is CCNC(=NCc1ncc(C(C)(C)C)o1)NCCCn1nc2n(c1=O)CCCC2. The average molecular weight is 404 g/mol. The van der Waals surface area contributed by atoms with E-state index in [4.69, 9.17) is 4.42 Å². The molecule has 160 valence electrons. The summed E-state index contributed by atoms with van der Waals surface area (Å²) in [7, 11) is 0. The van der Waals surface area contributed by atoms with Crippen LogP contribution in [0.4, 0.5) is 0 Å². The van der Waals surface area contributed by atoms with Gasteiger partial charge >= 0.3 is 5.69 Å². The molecule has 2 aromatic rings. The minimum atomic E-state index is -0.0673. The van der Waals surface area contributed by atoms with E-state index in [-0.39, 0.29) is 11.1 Å². The topological polar surface area (TPSA) is 102 Å². The van der Waals surface area contributed by atoms with Gasteiger partial charge in [-0.15, -0.1) is 0 Å². The third kappa shape index (κ3) is 5.48. The van der Waals surface area contributed by atoms with Crippen molar-refractivity contribution in [3.05, 3.63) is 34.2 Å². The minimum absolute atomic E-state index is 0.0128. The largest absolute Gasteiger partial charge is 0.443 e. The number of aliphatic imine (C=N–C) groups is 1. The summed E-state index contributed by atoms with van der Waals surface area (Å²) in [5.74, 6) is 3.08. The first-order valence-corrected chi connectivity index (χ1v) is 10.5. The van der Waals surface area contributed by atoms with Gasteiger partial charge in [0.05, 0.1) is 6.20 Å². The van der Waals surface area contributed by atoms with Crippen LogP contribution in [0.1, 0.15) is 64.4 Å². The normalized spacial score (nSPS) is 14.7. The zero-order chi connectivity index (χ0) is 20.9. The summed E-state index contributed by atoms with van der Waals surface area (Å²) in [5.41, 5.74) is -0.0545. The molecule has 9 heteroatoms. The van der Waals surface area contributed by atoms with Crippen molar-refractivity contribution in [1.82, 2.24) is 30.0 Å². The van der Waals surface area contributed by atoms with Gasteiger partial charge in [0.2, 0.25) is 5.89 Å². The molecule has 3 heterocycles. The maximum Gasteiger partial charge on any atom is 0.345 e. The van der Waals surface area contributed by atoms with Crippen LogP contribution >= 0.6 is 0 Å². The van der Waals surface area contributed by atoms with Gasteiger partial charge in [0.15, 0.2) is 5.96 Å². The van der Waals surface area contributed by atoms with Gasteiger partial charge in [-0.2, -0.15) is 5.10 Å². The number of aryl methyl sites for hydroxylation is 2. The molecule has 0 unspecified atom stereocenters. The lowest BCUT2D eigenvalue weighted by Crippen LogP contribution is -2.38. The van der Waals surface area contributed by atoms with Crippen molar-refractivity contribution in [2.75, 3.05) is 13.1 Å². The number of oxazole rings is 1. The fourth-order valence-corrected chi connectivity index (χ4v) is 3.25. The predicted octanol–water partition coefficient (Wildman–Crippen LogP) is 1.81. The van der Waals surface area contributed by atoms with Crippen LogP contribution < -0.4 is 16.3 Å². The Labute approximate surface area is 171 Å². The monoisotopic (exact) mass is 403 g/mol. The van der Waals surface area contributed by atoms with Gasteiger partial charge in [-0.25, -0.2) is 19.5 Å². The molecule has 0 atom stereocenters. The highest BCUT2D eigenvalue weighted by Gasteiger charge is 2.19. The maximum atomic E-state index is 12.4. The Hall–Kier alpha value is -2.58. The van der Waals surface area contributed by atoms with E-state index in [1.165, 1.54) is 0 Å². The van der Waals surface area contributed by atoms with E-state index in [0.29, 0.717) is 31.5 Å². The van der Waals surface area contributed by atoms with Crippen molar-refractivity contribution in [1.29, 1.82) is 0 Å². The Morgan fingerprint density at radius 2 is 2.14 bits per heavy atom. The maximum absolute atomic E-state index is 12.4. The Morgan fingerprint density at radius 3 is 2.83 bits per heavy atom. The van der Waals surface area contributed by atoms with Crippen LogP contribution in [0.3, 0.4) is 0 Å². The van der Waals surface area contributed by atoms with Crippen LogP contribution in [-0.2, 0) is 31.5 Å². The lowest BCUT2D eigenvalue weighted by atomic mass is 9.94. The second-order valence-electron chi connectivity index (χ2n) is 8.37. The molecule has 1 aliphatic rings. The number of hydrogen-bond acceptors (Lipinski definition) is 5. The number of aromatic nitrogens is 4. The summed E-state index contributed by atoms with van der Waals surface area (Å²) in [5, 5.41) is 11.0. The second kappa shape index (κ2) is 9.28. The number of nitrogens with zero attached hydrogens (tertiary/aromatic N) is 5. The standard InChI is InChI=1S/C20H33N7O2/c1-5-21-18(24-14-17-23-13-15(29-17)20(2,3)4)22-10-8-12-27-19(28)26-11-7-6-9-16(26)25-27/h13H,5-12,14H2,1-4H3,(H2,21,22,24). The zero-order valence-corrected chi connectivity index (χ0v) is 18.0. The molecule has 0 radical (unpaired) electrons. The highest BCUT2D eigenvalue weighted by atomic mass is 16.4. The molecule has 0 spiro atoms. The molecule has 2 N–H and O–H groups in total. The zero-order valence-electron chi connectivity index (χ0n) is 18.0. The number of hydrogen-bond donors (Lipinski definition) is 2. The summed E-state index contributed by atoms with van der Waals surface area (Å²) in [6.45, 7) is 11.5. The first-order chi connectivity index (χ1) is 13.9. The summed E-state index contributed by atoms with van der Waals surface area (Å²) >= 11 is 0. The molecule has 9 nitrogen and oxygen atoms in total. The molecule has 0 amide bonds. The molecule has 29 heavy (non-hydrogen) atoms. The van der Waals surface area contributed by atoms with Crippen molar-refractivity contribution in [2.45, 2.75) is 78.4 Å². The van der Waals surface area contributed by atoms with E-state index in [0.717, 1.165) is 50.4 Å². The summed E-state index contributed by atoms with van der Waals surface area (Å²) in [6, 6.07) is 0. The number of fused-ring (bicyclic) bond motifs is 1. The van der Waals surface area contributed by atoms with Gasteiger partial charge < -0.3 is 15.1 Å². The summed E-state index contributed by atoms with van der Waals surface area (Å²) < 4.78 is 9.19. The van der Waals surface area contributed by atoms with Crippen molar-refractivity contribution in [2.24, 2.45) is 4.99 Å². The predicted molar refractivity (Wildman–Crippen MR) is 112 cm³/mol. The molecule has 2 aromatic heterocycles. The van der Waals surface area contributed by atoms with Gasteiger partial charge in [-0.3, -0.25) is 4.57 Å². The lowest BCUT2D eigenvalue weighted by molar-refractivity contribution is 0.383. The number of nitrogens with one attached hydrogen (secondary N) is 2. The number of guanidine groups is 1. The quantitative estimate of drug-likeness (QED) is 0.415. The Kier molecular flexibility index (Phi) is 6.76. The third-order valence-electron chi connectivity index (χ3n) is 4.88. The molecule has 0 aromatic carbocycles. The molecular formula is C20H33N7O2. The van der Waals surface area contributed by atoms with Crippen LogP contribution in [0.25, 0.3) is 0 Å². The van der Waals surface area contributed by atoms with E-state index in [2.05, 4.69) is 46.5 Å². The van der Waals surface area contributed by atoms with Gasteiger partial charge in [-0.05, 0) is 26.2 Å². The first-order valence-electron chi connectivity index (χ1n) is 10.5. The molecule has 0 saturated heterocycles. The van der Waals surface area contributed by atoms with Crippen molar-refractivity contribution >= 4 is 5.96 Å². The van der Waals surface area contributed by atoms with Gasteiger partial charge in [-0.1, -0.05) is 20.8 Å². The Balaban J connectivity index is 1.50. The summed E-state index contributed by atoms with van der Waals surface area (Å²) in [6.07, 6.45) is 5.63. The lowest BCUT2D eigenvalue weighted by Gasteiger charge is -2.13. The Bertz CT molecular complexity index is 886. The van der Waals surface area contributed by atoms with Crippen molar-refractivity contribution in [3.63, 3.8) is 0 Å². The Morgan fingerprint density at radius 1 is 1.31 bits per heavy atom. The van der Waals surface area contributed by atoms with Gasteiger partial charge in [0, 0.05) is 38.0 Å². The fraction of sp³-hybridized carbons (Fsp3) is 0.700. The molecule has 0 aliphatic carbocycles. The molecule has 1 aliphatic heterocycles. The number of rotatable bonds is 7. The van der Waals surface area contributed by atoms with Crippen LogP contribution in [0.5, 0.6) is 0 Å². The van der Waals surface area contributed by atoms with Crippen molar-refractivity contribution < 1.29 is 4.42 Å².